The fraction of sp³-hybridized carbons (Fsp3) is 0.200. The van der Waals surface area contributed by atoms with E-state index >= 15 is 0 Å². The van der Waals surface area contributed by atoms with Gasteiger partial charge in [-0.05, 0) is 31.1 Å². The summed E-state index contributed by atoms with van der Waals surface area (Å²) in [7, 11) is 4.06. The van der Waals surface area contributed by atoms with E-state index in [1.165, 1.54) is 4.88 Å². The molecule has 0 spiro atoms. The van der Waals surface area contributed by atoms with Gasteiger partial charge in [-0.3, -0.25) is 9.48 Å². The lowest BCUT2D eigenvalue weighted by atomic mass is 10.1. The predicted octanol–water partition coefficient (Wildman–Crippen LogP) is 4.69. The van der Waals surface area contributed by atoms with Crippen LogP contribution in [0.3, 0.4) is 0 Å². The second-order valence-electron chi connectivity index (χ2n) is 7.65. The predicted molar refractivity (Wildman–Crippen MR) is 126 cm³/mol. The first-order valence-corrected chi connectivity index (χ1v) is 11.1. The molecule has 1 atom stereocenters. The van der Waals surface area contributed by atoms with E-state index in [0.717, 1.165) is 11.1 Å². The maximum absolute atomic E-state index is 13.2. The van der Waals surface area contributed by atoms with Gasteiger partial charge < -0.3 is 10.2 Å². The molecule has 0 radical (unpaired) electrons. The molecule has 5 nitrogen and oxygen atoms in total. The number of amides is 1. The molecule has 0 aliphatic heterocycles. The van der Waals surface area contributed by atoms with Crippen LogP contribution < -0.4 is 5.32 Å². The molecule has 1 amide bonds. The van der Waals surface area contributed by atoms with Gasteiger partial charge >= 0.3 is 0 Å². The minimum Gasteiger partial charge on any atom is -0.350 e. The second-order valence-corrected chi connectivity index (χ2v) is 8.62. The zero-order chi connectivity index (χ0) is 21.6. The van der Waals surface area contributed by atoms with Gasteiger partial charge in [-0.25, -0.2) is 0 Å². The molecule has 1 unspecified atom stereocenters. The molecule has 6 heteroatoms. The average Bonchev–Trinajstić information content (AvgIpc) is 3.45. The lowest BCUT2D eigenvalue weighted by molar-refractivity contribution is 0.0943. The zero-order valence-corrected chi connectivity index (χ0v) is 18.5. The highest BCUT2D eigenvalue weighted by atomic mass is 32.1. The number of benzene rings is 2. The van der Waals surface area contributed by atoms with Gasteiger partial charge in [0.25, 0.3) is 5.91 Å². The number of aromatic nitrogens is 2. The van der Waals surface area contributed by atoms with Gasteiger partial charge in [0.1, 0.15) is 5.69 Å². The van der Waals surface area contributed by atoms with Crippen molar-refractivity contribution in [2.45, 2.75) is 12.6 Å². The molecule has 4 aromatic rings. The summed E-state index contributed by atoms with van der Waals surface area (Å²) >= 11 is 1.70. The van der Waals surface area contributed by atoms with Crippen LogP contribution in [-0.4, -0.2) is 41.2 Å². The Morgan fingerprint density at radius 3 is 2.39 bits per heavy atom. The number of rotatable bonds is 8. The Bertz CT molecular complexity index is 1110. The standard InChI is InChI=1S/C25H26N4OS/c1-28(2)22(23-14-9-15-31-23)16-26-25(30)21-18-29(17-19-10-5-3-6-11-19)27-24(21)20-12-7-4-8-13-20/h3-15,18,22H,16-17H2,1-2H3,(H,26,30). The van der Waals surface area contributed by atoms with Crippen molar-refractivity contribution in [3.63, 3.8) is 0 Å². The topological polar surface area (TPSA) is 50.2 Å². The summed E-state index contributed by atoms with van der Waals surface area (Å²) in [6.07, 6.45) is 1.85. The quantitative estimate of drug-likeness (QED) is 0.441. The van der Waals surface area contributed by atoms with E-state index in [1.807, 2.05) is 79.6 Å². The molecule has 2 heterocycles. The molecular weight excluding hydrogens is 404 g/mol. The largest absolute Gasteiger partial charge is 0.350 e. The fourth-order valence-corrected chi connectivity index (χ4v) is 4.47. The molecule has 0 saturated heterocycles. The molecule has 2 aromatic carbocycles. The van der Waals surface area contributed by atoms with E-state index < -0.39 is 0 Å². The Kier molecular flexibility index (Phi) is 6.60. The molecule has 4 rings (SSSR count). The molecule has 1 N–H and O–H groups in total. The number of thiophene rings is 1. The van der Waals surface area contributed by atoms with Crippen molar-refractivity contribution in [3.8, 4) is 11.3 Å². The van der Waals surface area contributed by atoms with E-state index in [9.17, 15) is 4.79 Å². The van der Waals surface area contributed by atoms with Crippen molar-refractivity contribution < 1.29 is 4.79 Å². The summed E-state index contributed by atoms with van der Waals surface area (Å²) < 4.78 is 1.84. The molecule has 0 aliphatic carbocycles. The van der Waals surface area contributed by atoms with Crippen LogP contribution in [0, 0.1) is 0 Å². The highest BCUT2D eigenvalue weighted by molar-refractivity contribution is 7.10. The molecule has 0 aliphatic rings. The number of hydrogen-bond donors (Lipinski definition) is 1. The van der Waals surface area contributed by atoms with Gasteiger partial charge in [0.05, 0.1) is 18.2 Å². The number of carbonyl (C=O) groups is 1. The monoisotopic (exact) mass is 430 g/mol. The van der Waals surface area contributed by atoms with E-state index in [-0.39, 0.29) is 11.9 Å². The second kappa shape index (κ2) is 9.73. The molecule has 2 aromatic heterocycles. The van der Waals surface area contributed by atoms with Crippen LogP contribution in [0.25, 0.3) is 11.3 Å². The fourth-order valence-electron chi connectivity index (χ4n) is 3.55. The number of nitrogens with zero attached hydrogens (tertiary/aromatic N) is 3. The van der Waals surface area contributed by atoms with Gasteiger partial charge in [0.2, 0.25) is 0 Å². The van der Waals surface area contributed by atoms with Crippen LogP contribution in [0.2, 0.25) is 0 Å². The van der Waals surface area contributed by atoms with Crippen LogP contribution >= 0.6 is 11.3 Å². The normalized spacial score (nSPS) is 12.1. The minimum atomic E-state index is -0.110. The maximum Gasteiger partial charge on any atom is 0.255 e. The van der Waals surface area contributed by atoms with E-state index in [1.54, 1.807) is 11.3 Å². The Morgan fingerprint density at radius 1 is 1.03 bits per heavy atom. The molecular formula is C25H26N4OS. The van der Waals surface area contributed by atoms with Crippen molar-refractivity contribution in [1.82, 2.24) is 20.0 Å². The Morgan fingerprint density at radius 2 is 1.74 bits per heavy atom. The molecule has 0 saturated carbocycles. The van der Waals surface area contributed by atoms with Crippen molar-refractivity contribution in [2.24, 2.45) is 0 Å². The smallest absolute Gasteiger partial charge is 0.255 e. The highest BCUT2D eigenvalue weighted by Crippen LogP contribution is 2.24. The summed E-state index contributed by atoms with van der Waals surface area (Å²) in [5.41, 5.74) is 3.36. The van der Waals surface area contributed by atoms with Gasteiger partial charge in [-0.2, -0.15) is 5.10 Å². The number of hydrogen-bond acceptors (Lipinski definition) is 4. The highest BCUT2D eigenvalue weighted by Gasteiger charge is 2.21. The Balaban J connectivity index is 1.58. The van der Waals surface area contributed by atoms with Crippen LogP contribution in [0.5, 0.6) is 0 Å². The lowest BCUT2D eigenvalue weighted by Crippen LogP contribution is -2.34. The van der Waals surface area contributed by atoms with Crippen LogP contribution in [0.1, 0.15) is 26.8 Å². The first-order valence-electron chi connectivity index (χ1n) is 10.3. The third-order valence-electron chi connectivity index (χ3n) is 5.19. The first-order chi connectivity index (χ1) is 15.1. The Hall–Kier alpha value is -3.22. The zero-order valence-electron chi connectivity index (χ0n) is 17.7. The lowest BCUT2D eigenvalue weighted by Gasteiger charge is -2.23. The number of nitrogens with one attached hydrogen (secondary N) is 1. The van der Waals surface area contributed by atoms with Gasteiger partial charge in [-0.15, -0.1) is 11.3 Å². The molecule has 0 fully saturated rings. The van der Waals surface area contributed by atoms with Crippen LogP contribution in [0.4, 0.5) is 0 Å². The van der Waals surface area contributed by atoms with Gasteiger partial charge in [-0.1, -0.05) is 66.7 Å². The molecule has 158 valence electrons. The minimum absolute atomic E-state index is 0.110. The van der Waals surface area contributed by atoms with E-state index in [4.69, 9.17) is 5.10 Å². The maximum atomic E-state index is 13.2. The van der Waals surface area contributed by atoms with Crippen molar-refractivity contribution in [2.75, 3.05) is 20.6 Å². The summed E-state index contributed by atoms with van der Waals surface area (Å²) in [6.45, 7) is 1.15. The summed E-state index contributed by atoms with van der Waals surface area (Å²) in [4.78, 5) is 16.6. The van der Waals surface area contributed by atoms with Gasteiger partial charge in [0.15, 0.2) is 0 Å². The summed E-state index contributed by atoms with van der Waals surface area (Å²) in [5.74, 6) is -0.110. The Labute approximate surface area is 187 Å². The number of likely N-dealkylation sites (N-methyl/N-ethyl adjacent to an activating group) is 1. The average molecular weight is 431 g/mol. The SMILES string of the molecule is CN(C)C(CNC(=O)c1cn(Cc2ccccc2)nc1-c1ccccc1)c1cccs1. The third kappa shape index (κ3) is 5.10. The van der Waals surface area contributed by atoms with E-state index in [0.29, 0.717) is 24.3 Å². The molecule has 31 heavy (non-hydrogen) atoms. The first kappa shape index (κ1) is 21.0. The summed E-state index contributed by atoms with van der Waals surface area (Å²) in [6, 6.07) is 24.3. The van der Waals surface area contributed by atoms with Crippen LogP contribution in [-0.2, 0) is 6.54 Å². The van der Waals surface area contributed by atoms with Gasteiger partial charge in [0, 0.05) is 23.2 Å². The van der Waals surface area contributed by atoms with Crippen molar-refractivity contribution in [1.29, 1.82) is 0 Å². The molecule has 0 bridgehead atoms. The summed E-state index contributed by atoms with van der Waals surface area (Å²) in [5, 5.41) is 9.95. The van der Waals surface area contributed by atoms with Crippen LogP contribution in [0.15, 0.2) is 84.4 Å². The van der Waals surface area contributed by atoms with E-state index in [2.05, 4.69) is 33.8 Å². The van der Waals surface area contributed by atoms with Crippen molar-refractivity contribution in [3.05, 3.63) is 100 Å². The third-order valence-corrected chi connectivity index (χ3v) is 6.17. The van der Waals surface area contributed by atoms with Crippen molar-refractivity contribution >= 4 is 17.2 Å². The number of carbonyl (C=O) groups excluding carboxylic acids is 1.